The van der Waals surface area contributed by atoms with Gasteiger partial charge in [-0.2, -0.15) is 0 Å². The van der Waals surface area contributed by atoms with Gasteiger partial charge in [-0.1, -0.05) is 163 Å². The Labute approximate surface area is 367 Å². The lowest BCUT2D eigenvalue weighted by Crippen LogP contribution is -2.37. The van der Waals surface area contributed by atoms with Crippen LogP contribution >= 0.6 is 7.82 Å². The number of unbranched alkanes of at least 4 members (excludes halogenated alkanes) is 13. The molecule has 0 aliphatic carbocycles. The first-order valence-electron chi connectivity index (χ1n) is 23.3. The second-order valence-electron chi connectivity index (χ2n) is 16.4. The number of nitrogens with zero attached hydrogens (tertiary/aromatic N) is 1. The molecule has 0 aromatic carbocycles. The summed E-state index contributed by atoms with van der Waals surface area (Å²) in [5.74, 6) is -0.943. The lowest BCUT2D eigenvalue weighted by Gasteiger charge is -2.28. The van der Waals surface area contributed by atoms with E-state index in [0.29, 0.717) is 23.9 Å². The molecule has 0 aliphatic heterocycles. The Morgan fingerprint density at radius 3 is 1.48 bits per heavy atom. The Balaban J connectivity index is 4.46. The minimum Gasteiger partial charge on any atom is -0.756 e. The molecule has 0 N–H and O–H groups in total. The van der Waals surface area contributed by atoms with Gasteiger partial charge in [-0.3, -0.25) is 14.2 Å². The summed E-state index contributed by atoms with van der Waals surface area (Å²) >= 11 is 0. The van der Waals surface area contributed by atoms with Crippen molar-refractivity contribution in [1.29, 1.82) is 0 Å². The number of hydrogen-bond acceptors (Lipinski definition) is 8. The minimum atomic E-state index is -4.65. The molecule has 0 radical (unpaired) electrons. The number of allylic oxidation sites excluding steroid dienone is 14. The first kappa shape index (κ1) is 57.2. The van der Waals surface area contributed by atoms with Crippen LogP contribution in [0.4, 0.5) is 0 Å². The molecular formula is C50H86NO8P. The predicted molar refractivity (Wildman–Crippen MR) is 249 cm³/mol. The van der Waals surface area contributed by atoms with Crippen LogP contribution in [-0.4, -0.2) is 70.0 Å². The second-order valence-corrected chi connectivity index (χ2v) is 17.8. The van der Waals surface area contributed by atoms with Crippen LogP contribution in [0.3, 0.4) is 0 Å². The van der Waals surface area contributed by atoms with E-state index in [1.54, 1.807) is 0 Å². The van der Waals surface area contributed by atoms with Crippen molar-refractivity contribution in [3.8, 4) is 0 Å². The lowest BCUT2D eigenvalue weighted by molar-refractivity contribution is -0.870. The molecule has 0 amide bonds. The number of quaternary nitrogens is 1. The van der Waals surface area contributed by atoms with Gasteiger partial charge in [0.2, 0.25) is 0 Å². The minimum absolute atomic E-state index is 0.0470. The molecule has 344 valence electrons. The van der Waals surface area contributed by atoms with E-state index in [1.165, 1.54) is 64.2 Å². The molecule has 0 fully saturated rings. The molecule has 60 heavy (non-hydrogen) atoms. The Bertz CT molecular complexity index is 1290. The molecule has 0 saturated heterocycles. The van der Waals surface area contributed by atoms with E-state index < -0.39 is 32.5 Å². The molecule has 0 heterocycles. The molecule has 9 nitrogen and oxygen atoms in total. The third-order valence-corrected chi connectivity index (χ3v) is 10.4. The highest BCUT2D eigenvalue weighted by molar-refractivity contribution is 7.45. The number of rotatable bonds is 41. The van der Waals surface area contributed by atoms with E-state index in [-0.39, 0.29) is 26.1 Å². The number of carbonyl (C=O) groups excluding carboxylic acids is 2. The van der Waals surface area contributed by atoms with Crippen LogP contribution in [-0.2, 0) is 32.7 Å². The lowest BCUT2D eigenvalue weighted by atomic mass is 10.1. The van der Waals surface area contributed by atoms with Gasteiger partial charge in [0, 0.05) is 12.8 Å². The molecule has 0 aliphatic rings. The molecule has 0 spiro atoms. The highest BCUT2D eigenvalue weighted by Gasteiger charge is 2.21. The van der Waals surface area contributed by atoms with Crippen molar-refractivity contribution in [1.82, 2.24) is 0 Å². The highest BCUT2D eigenvalue weighted by Crippen LogP contribution is 2.38. The number of phosphoric acid groups is 1. The van der Waals surface area contributed by atoms with Crippen LogP contribution in [0.5, 0.6) is 0 Å². The molecule has 0 bridgehead atoms. The van der Waals surface area contributed by atoms with Crippen LogP contribution in [0.25, 0.3) is 0 Å². The number of ether oxygens (including phenoxy) is 2. The van der Waals surface area contributed by atoms with E-state index in [2.05, 4.69) is 86.8 Å². The quantitative estimate of drug-likeness (QED) is 0.0196. The topological polar surface area (TPSA) is 111 Å². The molecule has 0 aromatic heterocycles. The summed E-state index contributed by atoms with van der Waals surface area (Å²) in [5, 5.41) is 0. The van der Waals surface area contributed by atoms with Crippen LogP contribution < -0.4 is 4.89 Å². The van der Waals surface area contributed by atoms with Gasteiger partial charge >= 0.3 is 11.9 Å². The van der Waals surface area contributed by atoms with Crippen LogP contribution in [0.15, 0.2) is 85.1 Å². The number of esters is 2. The Kier molecular flexibility index (Phi) is 39.6. The van der Waals surface area contributed by atoms with Crippen molar-refractivity contribution < 1.29 is 42.1 Å². The summed E-state index contributed by atoms with van der Waals surface area (Å²) in [4.78, 5) is 37.6. The fourth-order valence-corrected chi connectivity index (χ4v) is 6.52. The average molecular weight is 860 g/mol. The van der Waals surface area contributed by atoms with Crippen LogP contribution in [0.1, 0.15) is 168 Å². The van der Waals surface area contributed by atoms with Gasteiger partial charge in [-0.05, 0) is 77.0 Å². The molecule has 1 unspecified atom stereocenters. The summed E-state index contributed by atoms with van der Waals surface area (Å²) < 4.78 is 33.9. The van der Waals surface area contributed by atoms with Gasteiger partial charge in [-0.25, -0.2) is 0 Å². The van der Waals surface area contributed by atoms with E-state index >= 15 is 0 Å². The van der Waals surface area contributed by atoms with Gasteiger partial charge in [0.1, 0.15) is 19.8 Å². The number of carbonyl (C=O) groups is 2. The van der Waals surface area contributed by atoms with E-state index in [1.807, 2.05) is 33.3 Å². The predicted octanol–water partition coefficient (Wildman–Crippen LogP) is 12.9. The van der Waals surface area contributed by atoms with Crippen molar-refractivity contribution in [3.05, 3.63) is 85.1 Å². The first-order chi connectivity index (χ1) is 29.0. The van der Waals surface area contributed by atoms with Crippen molar-refractivity contribution in [2.24, 2.45) is 0 Å². The Hall–Kier alpha value is -2.81. The Morgan fingerprint density at radius 2 is 0.983 bits per heavy atom. The van der Waals surface area contributed by atoms with Gasteiger partial charge in [-0.15, -0.1) is 0 Å². The van der Waals surface area contributed by atoms with Crippen LogP contribution in [0.2, 0.25) is 0 Å². The largest absolute Gasteiger partial charge is 0.756 e. The smallest absolute Gasteiger partial charge is 0.306 e. The molecule has 0 rings (SSSR count). The SMILES string of the molecule is CC/C=C/C/C=C/C/C=C/C/C=C/C/C=C/C/C=C/CCC(=O)OC[C@H](COP(=O)([O-])OCC[N+](C)(C)C)OC(=O)CCCCCCCCC/C=C/CCCCCCCC. The first-order valence-corrected chi connectivity index (χ1v) is 24.8. The summed E-state index contributed by atoms with van der Waals surface area (Å²) in [5.41, 5.74) is 0. The summed E-state index contributed by atoms with van der Waals surface area (Å²) in [7, 11) is 1.11. The molecule has 0 saturated carbocycles. The fourth-order valence-electron chi connectivity index (χ4n) is 5.79. The van der Waals surface area contributed by atoms with Gasteiger partial charge in [0.25, 0.3) is 7.82 Å². The monoisotopic (exact) mass is 860 g/mol. The number of likely N-dealkylation sites (N-methyl/N-ethyl adjacent to an activating group) is 1. The summed E-state index contributed by atoms with van der Waals surface area (Å²) in [6, 6.07) is 0. The van der Waals surface area contributed by atoms with Gasteiger partial charge in [0.05, 0.1) is 27.7 Å². The Morgan fingerprint density at radius 1 is 0.533 bits per heavy atom. The van der Waals surface area contributed by atoms with E-state index in [4.69, 9.17) is 18.5 Å². The number of phosphoric ester groups is 1. The maximum Gasteiger partial charge on any atom is 0.306 e. The normalized spacial score (nSPS) is 14.3. The highest BCUT2D eigenvalue weighted by atomic mass is 31.2. The van der Waals surface area contributed by atoms with Gasteiger partial charge < -0.3 is 27.9 Å². The van der Waals surface area contributed by atoms with Gasteiger partial charge in [0.15, 0.2) is 6.10 Å². The van der Waals surface area contributed by atoms with E-state index in [0.717, 1.165) is 64.2 Å². The maximum atomic E-state index is 12.7. The molecular weight excluding hydrogens is 774 g/mol. The third kappa shape index (κ3) is 44.7. The van der Waals surface area contributed by atoms with Crippen molar-refractivity contribution >= 4 is 19.8 Å². The zero-order chi connectivity index (χ0) is 44.3. The third-order valence-electron chi connectivity index (χ3n) is 9.41. The summed E-state index contributed by atoms with van der Waals surface area (Å²) in [6.45, 7) is 4.01. The zero-order valence-electron chi connectivity index (χ0n) is 38.6. The maximum absolute atomic E-state index is 12.7. The standard InChI is InChI=1S/C50H86NO8P/c1-6-8-10-12-14-16-18-20-22-24-25-27-28-30-32-34-36-38-40-42-49(52)56-46-48(47-58-60(54,55)57-45-44-51(3,4)5)59-50(53)43-41-39-37-35-33-31-29-26-23-21-19-17-15-13-11-9-7-2/h8,10,14,16,20-23,25,27,30,32,36,38,48H,6-7,9,11-13,15,17-19,24,26,28-29,31,33-35,37,39-47H2,1-5H3/b10-8+,16-14+,22-20+,23-21+,27-25+,32-30+,38-36+/t48-/m1/s1. The summed E-state index contributed by atoms with van der Waals surface area (Å²) in [6.07, 6.45) is 53.4. The zero-order valence-corrected chi connectivity index (χ0v) is 39.5. The molecule has 2 atom stereocenters. The second kappa shape index (κ2) is 41.5. The van der Waals surface area contributed by atoms with Crippen molar-refractivity contribution in [2.45, 2.75) is 174 Å². The van der Waals surface area contributed by atoms with Crippen molar-refractivity contribution in [2.75, 3.05) is 47.5 Å². The van der Waals surface area contributed by atoms with E-state index in [9.17, 15) is 19.0 Å². The fraction of sp³-hybridized carbons (Fsp3) is 0.680. The average Bonchev–Trinajstić information content (AvgIpc) is 3.20. The van der Waals surface area contributed by atoms with Crippen LogP contribution in [0, 0.1) is 0 Å². The molecule has 10 heteroatoms. The number of hydrogen-bond donors (Lipinski definition) is 0. The van der Waals surface area contributed by atoms with Crippen molar-refractivity contribution in [3.63, 3.8) is 0 Å². The molecule has 0 aromatic rings.